The average Bonchev–Trinajstić information content (AvgIpc) is 2.40. The summed E-state index contributed by atoms with van der Waals surface area (Å²) in [6.45, 7) is 2.21. The number of rotatable bonds is 4. The number of halogens is 2. The maximum atomic E-state index is 6.10. The summed E-state index contributed by atoms with van der Waals surface area (Å²) < 4.78 is 0. The van der Waals surface area contributed by atoms with E-state index in [1.807, 2.05) is 12.1 Å². The summed E-state index contributed by atoms with van der Waals surface area (Å²) >= 11 is 12.1. The molecule has 0 bridgehead atoms. The van der Waals surface area contributed by atoms with Gasteiger partial charge in [0.2, 0.25) is 0 Å². The van der Waals surface area contributed by atoms with Gasteiger partial charge in [-0.1, -0.05) is 55.5 Å². The van der Waals surface area contributed by atoms with Crippen LogP contribution in [0.15, 0.2) is 18.2 Å². The van der Waals surface area contributed by atoms with Crippen molar-refractivity contribution < 1.29 is 0 Å². The molecule has 1 aromatic rings. The smallest absolute Gasteiger partial charge is 0.0595 e. The predicted molar refractivity (Wildman–Crippen MR) is 79.5 cm³/mol. The van der Waals surface area contributed by atoms with Crippen LogP contribution >= 0.6 is 23.2 Å². The fraction of sp³-hybridized carbons (Fsp3) is 0.600. The van der Waals surface area contributed by atoms with Crippen LogP contribution in [0, 0.1) is 0 Å². The first-order valence-corrected chi connectivity index (χ1v) is 7.67. The number of benzene rings is 1. The van der Waals surface area contributed by atoms with Crippen molar-refractivity contribution in [2.45, 2.75) is 57.5 Å². The Morgan fingerprint density at radius 3 is 2.50 bits per heavy atom. The van der Waals surface area contributed by atoms with E-state index in [1.54, 1.807) is 0 Å². The molecular weight excluding hydrogens is 265 g/mol. The van der Waals surface area contributed by atoms with E-state index < -0.39 is 0 Å². The fourth-order valence-electron chi connectivity index (χ4n) is 2.73. The second-order valence-electron chi connectivity index (χ2n) is 5.14. The van der Waals surface area contributed by atoms with Crippen LogP contribution in [0.5, 0.6) is 0 Å². The van der Waals surface area contributed by atoms with Crippen LogP contribution in [0.3, 0.4) is 0 Å². The van der Waals surface area contributed by atoms with Crippen LogP contribution in [0.1, 0.15) is 57.1 Å². The second kappa shape index (κ2) is 6.79. The maximum Gasteiger partial charge on any atom is 0.0595 e. The van der Waals surface area contributed by atoms with Gasteiger partial charge >= 0.3 is 0 Å². The molecule has 1 aliphatic carbocycles. The lowest BCUT2D eigenvalue weighted by atomic mass is 9.93. The minimum Gasteiger partial charge on any atom is -0.307 e. The van der Waals surface area contributed by atoms with Gasteiger partial charge in [0.05, 0.1) is 10.0 Å². The van der Waals surface area contributed by atoms with E-state index in [0.717, 1.165) is 6.42 Å². The molecule has 0 amide bonds. The summed E-state index contributed by atoms with van der Waals surface area (Å²) in [6.07, 6.45) is 7.79. The third-order valence-electron chi connectivity index (χ3n) is 3.80. The van der Waals surface area contributed by atoms with Gasteiger partial charge in [-0.25, -0.2) is 0 Å². The van der Waals surface area contributed by atoms with Crippen LogP contribution in [0.25, 0.3) is 0 Å². The quantitative estimate of drug-likeness (QED) is 0.785. The van der Waals surface area contributed by atoms with Crippen LogP contribution in [-0.4, -0.2) is 6.04 Å². The largest absolute Gasteiger partial charge is 0.307 e. The van der Waals surface area contributed by atoms with Crippen molar-refractivity contribution in [1.82, 2.24) is 5.32 Å². The van der Waals surface area contributed by atoms with Crippen molar-refractivity contribution in [3.8, 4) is 0 Å². The average molecular weight is 286 g/mol. The molecule has 3 heteroatoms. The summed E-state index contributed by atoms with van der Waals surface area (Å²) in [6, 6.07) is 7.03. The zero-order valence-electron chi connectivity index (χ0n) is 10.9. The van der Waals surface area contributed by atoms with Crippen molar-refractivity contribution in [3.63, 3.8) is 0 Å². The molecule has 2 rings (SSSR count). The third kappa shape index (κ3) is 3.63. The van der Waals surface area contributed by atoms with Crippen LogP contribution in [0.4, 0.5) is 0 Å². The molecule has 0 saturated heterocycles. The van der Waals surface area contributed by atoms with E-state index in [1.165, 1.54) is 37.7 Å². The fourth-order valence-corrected chi connectivity index (χ4v) is 3.04. The first-order chi connectivity index (χ1) is 8.70. The molecule has 0 aromatic heterocycles. The standard InChI is InChI=1S/C15H21Cl2N/c1-2-15(18-12-6-4-3-5-7-12)11-8-9-13(16)14(17)10-11/h8-10,12,15,18H,2-7H2,1H3. The summed E-state index contributed by atoms with van der Waals surface area (Å²) in [4.78, 5) is 0. The normalized spacial score (nSPS) is 18.8. The van der Waals surface area contributed by atoms with Crippen LogP contribution < -0.4 is 5.32 Å². The van der Waals surface area contributed by atoms with E-state index in [2.05, 4.69) is 18.3 Å². The summed E-state index contributed by atoms with van der Waals surface area (Å²) in [7, 11) is 0. The lowest BCUT2D eigenvalue weighted by Gasteiger charge is -2.28. The Morgan fingerprint density at radius 2 is 1.89 bits per heavy atom. The van der Waals surface area contributed by atoms with Gasteiger partial charge in [0.1, 0.15) is 0 Å². The van der Waals surface area contributed by atoms with Gasteiger partial charge in [-0.2, -0.15) is 0 Å². The van der Waals surface area contributed by atoms with Crippen molar-refractivity contribution in [1.29, 1.82) is 0 Å². The number of hydrogen-bond donors (Lipinski definition) is 1. The predicted octanol–water partition coefficient (Wildman–Crippen LogP) is 5.37. The van der Waals surface area contributed by atoms with Gasteiger partial charge in [-0.05, 0) is 37.0 Å². The van der Waals surface area contributed by atoms with Crippen molar-refractivity contribution in [2.24, 2.45) is 0 Å². The molecule has 1 saturated carbocycles. The second-order valence-corrected chi connectivity index (χ2v) is 5.95. The van der Waals surface area contributed by atoms with Crippen molar-refractivity contribution in [2.75, 3.05) is 0 Å². The molecule has 0 heterocycles. The number of hydrogen-bond acceptors (Lipinski definition) is 1. The van der Waals surface area contributed by atoms with Crippen LogP contribution in [-0.2, 0) is 0 Å². The summed E-state index contributed by atoms with van der Waals surface area (Å²) in [5.41, 5.74) is 1.25. The molecule has 1 nitrogen and oxygen atoms in total. The van der Waals surface area contributed by atoms with Crippen molar-refractivity contribution in [3.05, 3.63) is 33.8 Å². The summed E-state index contributed by atoms with van der Waals surface area (Å²) in [5, 5.41) is 5.05. The zero-order valence-corrected chi connectivity index (χ0v) is 12.4. The molecule has 1 aromatic carbocycles. The van der Waals surface area contributed by atoms with Gasteiger partial charge in [0.25, 0.3) is 0 Å². The SMILES string of the molecule is CCC(NC1CCCCC1)c1ccc(Cl)c(Cl)c1. The van der Waals surface area contributed by atoms with E-state index >= 15 is 0 Å². The molecular formula is C15H21Cl2N. The highest BCUT2D eigenvalue weighted by molar-refractivity contribution is 6.42. The summed E-state index contributed by atoms with van der Waals surface area (Å²) in [5.74, 6) is 0. The van der Waals surface area contributed by atoms with E-state index in [9.17, 15) is 0 Å². The Bertz CT molecular complexity index is 386. The monoisotopic (exact) mass is 285 g/mol. The Balaban J connectivity index is 2.04. The minimum atomic E-state index is 0.392. The number of nitrogens with one attached hydrogen (secondary N) is 1. The van der Waals surface area contributed by atoms with E-state index in [0.29, 0.717) is 22.1 Å². The van der Waals surface area contributed by atoms with Gasteiger partial charge in [0.15, 0.2) is 0 Å². The van der Waals surface area contributed by atoms with Gasteiger partial charge in [0, 0.05) is 12.1 Å². The Kier molecular flexibility index (Phi) is 5.35. The highest BCUT2D eigenvalue weighted by Crippen LogP contribution is 2.28. The van der Waals surface area contributed by atoms with Crippen molar-refractivity contribution >= 4 is 23.2 Å². The Morgan fingerprint density at radius 1 is 1.17 bits per heavy atom. The minimum absolute atomic E-state index is 0.392. The molecule has 1 atom stereocenters. The molecule has 18 heavy (non-hydrogen) atoms. The lowest BCUT2D eigenvalue weighted by molar-refractivity contribution is 0.334. The molecule has 1 aliphatic rings. The lowest BCUT2D eigenvalue weighted by Crippen LogP contribution is -2.34. The molecule has 1 N–H and O–H groups in total. The van der Waals surface area contributed by atoms with E-state index in [-0.39, 0.29) is 0 Å². The third-order valence-corrected chi connectivity index (χ3v) is 4.54. The first-order valence-electron chi connectivity index (χ1n) is 6.91. The highest BCUT2D eigenvalue weighted by atomic mass is 35.5. The first kappa shape index (κ1) is 14.2. The molecule has 0 radical (unpaired) electrons. The molecule has 1 fully saturated rings. The molecule has 100 valence electrons. The molecule has 0 aliphatic heterocycles. The Hall–Kier alpha value is -0.240. The molecule has 1 unspecified atom stereocenters. The van der Waals surface area contributed by atoms with E-state index in [4.69, 9.17) is 23.2 Å². The maximum absolute atomic E-state index is 6.10. The van der Waals surface area contributed by atoms with Gasteiger partial charge in [-0.15, -0.1) is 0 Å². The van der Waals surface area contributed by atoms with Gasteiger partial charge < -0.3 is 5.32 Å². The topological polar surface area (TPSA) is 12.0 Å². The van der Waals surface area contributed by atoms with Crippen LogP contribution in [0.2, 0.25) is 10.0 Å². The molecule has 0 spiro atoms. The van der Waals surface area contributed by atoms with Gasteiger partial charge in [-0.3, -0.25) is 0 Å². The zero-order chi connectivity index (χ0) is 13.0. The highest BCUT2D eigenvalue weighted by Gasteiger charge is 2.18. The Labute approximate surface area is 120 Å².